The predicted molar refractivity (Wildman–Crippen MR) is 105 cm³/mol. The van der Waals surface area contributed by atoms with E-state index in [1.165, 1.54) is 0 Å². The number of carbonyl (C=O) groups excluding carboxylic acids is 1. The van der Waals surface area contributed by atoms with Crippen molar-refractivity contribution < 1.29 is 9.53 Å². The third-order valence-corrected chi connectivity index (χ3v) is 5.51. The summed E-state index contributed by atoms with van der Waals surface area (Å²) in [7, 11) is 0. The number of rotatable bonds is 3. The number of nitrogens with one attached hydrogen (secondary N) is 1. The fourth-order valence-corrected chi connectivity index (χ4v) is 3.77. The molecule has 2 aromatic rings. The number of nitrogens with zero attached hydrogens (tertiary/aromatic N) is 3. The van der Waals surface area contributed by atoms with Gasteiger partial charge in [-0.05, 0) is 49.4 Å². The fraction of sp³-hybridized carbons (Fsp3) is 0.450. The Hall–Kier alpha value is -2.18. The number of anilines is 2. The molecular formula is C20H23ClN4O2. The maximum absolute atomic E-state index is 12.7. The number of hydrogen-bond donors (Lipinski definition) is 1. The van der Waals surface area contributed by atoms with Gasteiger partial charge in [0.15, 0.2) is 0 Å². The van der Waals surface area contributed by atoms with Crippen LogP contribution in [0.25, 0.3) is 0 Å². The third-order valence-electron chi connectivity index (χ3n) is 5.18. The first kappa shape index (κ1) is 18.2. The maximum Gasteiger partial charge on any atom is 0.227 e. The van der Waals surface area contributed by atoms with Gasteiger partial charge in [0, 0.05) is 30.9 Å². The SMILES string of the molecule is Cc1ccc(Cl)c(NC(=O)[C@@H]2CCc3nc(N4CCOCC4)ncc3C2)c1. The van der Waals surface area contributed by atoms with E-state index in [9.17, 15) is 4.79 Å². The molecule has 0 saturated carbocycles. The van der Waals surface area contributed by atoms with E-state index in [4.69, 9.17) is 21.3 Å². The van der Waals surface area contributed by atoms with Crippen LogP contribution in [0.1, 0.15) is 23.2 Å². The lowest BCUT2D eigenvalue weighted by Crippen LogP contribution is -2.38. The summed E-state index contributed by atoms with van der Waals surface area (Å²) in [5.74, 6) is 0.684. The lowest BCUT2D eigenvalue weighted by molar-refractivity contribution is -0.120. The number of halogens is 1. The van der Waals surface area contributed by atoms with Crippen LogP contribution in [0.4, 0.5) is 11.6 Å². The fourth-order valence-electron chi connectivity index (χ4n) is 3.61. The van der Waals surface area contributed by atoms with Gasteiger partial charge in [-0.3, -0.25) is 4.79 Å². The molecule has 1 saturated heterocycles. The molecular weight excluding hydrogens is 364 g/mol. The smallest absolute Gasteiger partial charge is 0.227 e. The molecule has 1 atom stereocenters. The summed E-state index contributed by atoms with van der Waals surface area (Å²) in [6.07, 6.45) is 4.11. The molecule has 142 valence electrons. The van der Waals surface area contributed by atoms with Crippen molar-refractivity contribution in [2.45, 2.75) is 26.2 Å². The third kappa shape index (κ3) is 4.06. The lowest BCUT2D eigenvalue weighted by atomic mass is 9.86. The van der Waals surface area contributed by atoms with Crippen LogP contribution in [0.5, 0.6) is 0 Å². The molecule has 27 heavy (non-hydrogen) atoms. The van der Waals surface area contributed by atoms with Crippen molar-refractivity contribution in [1.82, 2.24) is 9.97 Å². The van der Waals surface area contributed by atoms with Gasteiger partial charge in [-0.15, -0.1) is 0 Å². The van der Waals surface area contributed by atoms with E-state index >= 15 is 0 Å². The highest BCUT2D eigenvalue weighted by Gasteiger charge is 2.27. The summed E-state index contributed by atoms with van der Waals surface area (Å²) in [6, 6.07) is 5.64. The monoisotopic (exact) mass is 386 g/mol. The number of ether oxygens (including phenoxy) is 1. The van der Waals surface area contributed by atoms with E-state index in [0.717, 1.165) is 48.7 Å². The summed E-state index contributed by atoms with van der Waals surface area (Å²) in [5, 5.41) is 3.54. The number of aryl methyl sites for hydroxylation is 2. The zero-order valence-corrected chi connectivity index (χ0v) is 16.1. The second-order valence-corrected chi connectivity index (χ2v) is 7.56. The first-order valence-electron chi connectivity index (χ1n) is 9.34. The van der Waals surface area contributed by atoms with Crippen molar-refractivity contribution in [2.75, 3.05) is 36.5 Å². The molecule has 1 aliphatic carbocycles. The molecule has 4 rings (SSSR count). The Kier molecular flexibility index (Phi) is 5.27. The molecule has 0 unspecified atom stereocenters. The van der Waals surface area contributed by atoms with Gasteiger partial charge >= 0.3 is 0 Å². The summed E-state index contributed by atoms with van der Waals surface area (Å²) in [6.45, 7) is 5.04. The molecule has 1 aromatic heterocycles. The summed E-state index contributed by atoms with van der Waals surface area (Å²) < 4.78 is 5.39. The Morgan fingerprint density at radius 2 is 2.15 bits per heavy atom. The molecule has 0 bridgehead atoms. The number of benzene rings is 1. The second-order valence-electron chi connectivity index (χ2n) is 7.15. The van der Waals surface area contributed by atoms with Crippen LogP contribution in [-0.4, -0.2) is 42.2 Å². The average molecular weight is 387 g/mol. The number of amides is 1. The topological polar surface area (TPSA) is 67.4 Å². The number of fused-ring (bicyclic) bond motifs is 1. The molecule has 0 spiro atoms. The van der Waals surface area contributed by atoms with Crippen LogP contribution in [0.3, 0.4) is 0 Å². The molecule has 2 aliphatic rings. The normalized spacial score (nSPS) is 19.5. The van der Waals surface area contributed by atoms with Crippen LogP contribution in [-0.2, 0) is 22.4 Å². The first-order valence-corrected chi connectivity index (χ1v) is 9.72. The van der Waals surface area contributed by atoms with Gasteiger partial charge < -0.3 is 15.0 Å². The molecule has 2 heterocycles. The lowest BCUT2D eigenvalue weighted by Gasteiger charge is -2.28. The average Bonchev–Trinajstić information content (AvgIpc) is 2.70. The molecule has 1 amide bonds. The minimum Gasteiger partial charge on any atom is -0.378 e. The molecule has 6 nitrogen and oxygen atoms in total. The Morgan fingerprint density at radius 1 is 1.33 bits per heavy atom. The van der Waals surface area contributed by atoms with Crippen LogP contribution in [0, 0.1) is 12.8 Å². The van der Waals surface area contributed by atoms with Gasteiger partial charge in [0.2, 0.25) is 11.9 Å². The summed E-state index contributed by atoms with van der Waals surface area (Å²) in [4.78, 5) is 24.1. The Balaban J connectivity index is 1.44. The minimum absolute atomic E-state index is 0.00501. The van der Waals surface area contributed by atoms with E-state index in [-0.39, 0.29) is 11.8 Å². The number of morpholine rings is 1. The Morgan fingerprint density at radius 3 is 2.96 bits per heavy atom. The van der Waals surface area contributed by atoms with E-state index in [1.54, 1.807) is 0 Å². The maximum atomic E-state index is 12.7. The molecule has 1 aromatic carbocycles. The van der Waals surface area contributed by atoms with E-state index in [2.05, 4.69) is 15.2 Å². The minimum atomic E-state index is -0.0908. The quantitative estimate of drug-likeness (QED) is 0.878. The van der Waals surface area contributed by atoms with E-state index < -0.39 is 0 Å². The van der Waals surface area contributed by atoms with Crippen molar-refractivity contribution >= 4 is 29.1 Å². The van der Waals surface area contributed by atoms with Crippen molar-refractivity contribution in [3.05, 3.63) is 46.2 Å². The Labute approximate surface area is 163 Å². The van der Waals surface area contributed by atoms with Crippen molar-refractivity contribution in [2.24, 2.45) is 5.92 Å². The molecule has 1 fully saturated rings. The van der Waals surface area contributed by atoms with Crippen LogP contribution in [0.2, 0.25) is 5.02 Å². The van der Waals surface area contributed by atoms with Crippen LogP contribution in [0.15, 0.2) is 24.4 Å². The van der Waals surface area contributed by atoms with Crippen LogP contribution < -0.4 is 10.2 Å². The zero-order chi connectivity index (χ0) is 18.8. The van der Waals surface area contributed by atoms with Crippen molar-refractivity contribution in [3.63, 3.8) is 0 Å². The highest BCUT2D eigenvalue weighted by molar-refractivity contribution is 6.33. The number of hydrogen-bond acceptors (Lipinski definition) is 5. The van der Waals surface area contributed by atoms with E-state index in [1.807, 2.05) is 31.3 Å². The highest BCUT2D eigenvalue weighted by Crippen LogP contribution is 2.28. The largest absolute Gasteiger partial charge is 0.378 e. The van der Waals surface area contributed by atoms with E-state index in [0.29, 0.717) is 30.3 Å². The van der Waals surface area contributed by atoms with Gasteiger partial charge in [-0.2, -0.15) is 0 Å². The molecule has 0 radical (unpaired) electrons. The van der Waals surface area contributed by atoms with Crippen molar-refractivity contribution in [1.29, 1.82) is 0 Å². The zero-order valence-electron chi connectivity index (χ0n) is 15.4. The summed E-state index contributed by atoms with van der Waals surface area (Å²) >= 11 is 6.20. The molecule has 7 heteroatoms. The van der Waals surface area contributed by atoms with Gasteiger partial charge in [-0.25, -0.2) is 9.97 Å². The van der Waals surface area contributed by atoms with Gasteiger partial charge in [-0.1, -0.05) is 17.7 Å². The Bertz CT molecular complexity index is 852. The van der Waals surface area contributed by atoms with Crippen molar-refractivity contribution in [3.8, 4) is 0 Å². The van der Waals surface area contributed by atoms with Gasteiger partial charge in [0.1, 0.15) is 0 Å². The summed E-state index contributed by atoms with van der Waals surface area (Å²) in [5.41, 5.74) is 3.86. The standard InChI is InChI=1S/C20H23ClN4O2/c1-13-2-4-16(21)18(10-13)23-19(26)14-3-5-17-15(11-14)12-22-20(24-17)25-6-8-27-9-7-25/h2,4,10,12,14H,3,5-9,11H2,1H3,(H,23,26)/t14-/m1/s1. The predicted octanol–water partition coefficient (Wildman–Crippen LogP) is 3.02. The highest BCUT2D eigenvalue weighted by atomic mass is 35.5. The van der Waals surface area contributed by atoms with Gasteiger partial charge in [0.25, 0.3) is 0 Å². The second kappa shape index (κ2) is 7.82. The first-order chi connectivity index (χ1) is 13.1. The van der Waals surface area contributed by atoms with Gasteiger partial charge in [0.05, 0.1) is 23.9 Å². The number of aromatic nitrogens is 2. The molecule has 1 N–H and O–H groups in total. The van der Waals surface area contributed by atoms with Crippen LogP contribution >= 0.6 is 11.6 Å². The molecule has 1 aliphatic heterocycles. The number of carbonyl (C=O) groups is 1.